The van der Waals surface area contributed by atoms with Crippen LogP contribution in [0.3, 0.4) is 0 Å². The van der Waals surface area contributed by atoms with Crippen molar-refractivity contribution in [1.29, 1.82) is 0 Å². The van der Waals surface area contributed by atoms with Crippen molar-refractivity contribution in [2.75, 3.05) is 0 Å². The maximum absolute atomic E-state index is 12.9. The largest absolute Gasteiger partial charge is 0.367 e. The summed E-state index contributed by atoms with van der Waals surface area (Å²) in [4.78, 5) is 43.1. The number of benzene rings is 2. The molecule has 0 unspecified atom stereocenters. The van der Waals surface area contributed by atoms with Crippen molar-refractivity contribution < 1.29 is 19.2 Å². The Morgan fingerprint density at radius 1 is 0.897 bits per heavy atom. The van der Waals surface area contributed by atoms with E-state index in [4.69, 9.17) is 4.84 Å². The van der Waals surface area contributed by atoms with E-state index in [0.717, 1.165) is 5.69 Å². The van der Waals surface area contributed by atoms with E-state index in [2.05, 4.69) is 5.10 Å². The second kappa shape index (κ2) is 6.70. The minimum absolute atomic E-state index is 0.193. The highest BCUT2D eigenvalue weighted by Crippen LogP contribution is 2.28. The number of para-hydroxylation sites is 1. The highest BCUT2D eigenvalue weighted by atomic mass is 16.7. The van der Waals surface area contributed by atoms with Crippen molar-refractivity contribution in [3.8, 4) is 5.69 Å². The number of imide groups is 1. The van der Waals surface area contributed by atoms with Gasteiger partial charge in [0.2, 0.25) is 0 Å². The normalized spacial score (nSPS) is 13.6. The number of hydrogen-bond acceptors (Lipinski definition) is 5. The van der Waals surface area contributed by atoms with Crippen LogP contribution in [0.25, 0.3) is 5.69 Å². The summed E-state index contributed by atoms with van der Waals surface area (Å²) < 4.78 is 1.58. The number of carbonyl (C=O) groups is 3. The Kier molecular flexibility index (Phi) is 4.30. The van der Waals surface area contributed by atoms with Crippen LogP contribution in [-0.2, 0) is 10.3 Å². The van der Waals surface area contributed by atoms with E-state index in [0.29, 0.717) is 10.8 Å². The third kappa shape index (κ3) is 3.20. The quantitative estimate of drug-likeness (QED) is 0.640. The Bertz CT molecular complexity index is 1090. The van der Waals surface area contributed by atoms with Gasteiger partial charge in [0, 0.05) is 11.6 Å². The monoisotopic (exact) mass is 389 g/mol. The fraction of sp³-hybridized carbons (Fsp3) is 0.182. The van der Waals surface area contributed by atoms with Crippen LogP contribution in [0, 0.1) is 0 Å². The molecule has 7 heteroatoms. The zero-order chi connectivity index (χ0) is 20.8. The van der Waals surface area contributed by atoms with Crippen molar-refractivity contribution in [2.24, 2.45) is 0 Å². The fourth-order valence-corrected chi connectivity index (χ4v) is 3.17. The molecule has 2 heterocycles. The van der Waals surface area contributed by atoms with Gasteiger partial charge in [0.1, 0.15) is 5.56 Å². The standard InChI is InChI=1S/C22H19N3O4/c1-22(2,3)18-17(13-24(23-18)14-9-5-4-6-10-14)21(28)29-25-19(26)15-11-7-8-12-16(15)20(25)27/h4-13H,1-3H3. The van der Waals surface area contributed by atoms with E-state index in [9.17, 15) is 14.4 Å². The third-order valence-electron chi connectivity index (χ3n) is 4.60. The van der Waals surface area contributed by atoms with Gasteiger partial charge in [-0.1, -0.05) is 56.2 Å². The molecule has 2 aromatic carbocycles. The van der Waals surface area contributed by atoms with Gasteiger partial charge in [0.05, 0.1) is 22.5 Å². The van der Waals surface area contributed by atoms with Gasteiger partial charge in [0.15, 0.2) is 0 Å². The van der Waals surface area contributed by atoms with Crippen LogP contribution < -0.4 is 0 Å². The molecule has 0 radical (unpaired) electrons. The van der Waals surface area contributed by atoms with Crippen LogP contribution in [0.4, 0.5) is 0 Å². The molecule has 1 aromatic heterocycles. The Labute approximate surface area is 167 Å². The summed E-state index contributed by atoms with van der Waals surface area (Å²) in [6.07, 6.45) is 1.55. The van der Waals surface area contributed by atoms with Gasteiger partial charge in [-0.2, -0.15) is 5.10 Å². The first kappa shape index (κ1) is 18.6. The van der Waals surface area contributed by atoms with Crippen molar-refractivity contribution in [2.45, 2.75) is 26.2 Å². The van der Waals surface area contributed by atoms with Gasteiger partial charge >= 0.3 is 5.97 Å². The van der Waals surface area contributed by atoms with E-state index >= 15 is 0 Å². The molecule has 146 valence electrons. The van der Waals surface area contributed by atoms with Crippen LogP contribution in [0.15, 0.2) is 60.8 Å². The van der Waals surface area contributed by atoms with Gasteiger partial charge in [-0.3, -0.25) is 9.59 Å². The molecule has 3 aromatic rings. The van der Waals surface area contributed by atoms with E-state index in [-0.39, 0.29) is 16.7 Å². The summed E-state index contributed by atoms with van der Waals surface area (Å²) in [5, 5.41) is 5.07. The van der Waals surface area contributed by atoms with Gasteiger partial charge in [-0.25, -0.2) is 9.48 Å². The first-order valence-electron chi connectivity index (χ1n) is 9.13. The maximum Gasteiger partial charge on any atom is 0.367 e. The van der Waals surface area contributed by atoms with E-state index in [1.54, 1.807) is 23.0 Å². The minimum Gasteiger partial charge on any atom is -0.324 e. The number of rotatable bonds is 3. The van der Waals surface area contributed by atoms with Gasteiger partial charge in [-0.15, -0.1) is 0 Å². The lowest BCUT2D eigenvalue weighted by atomic mass is 9.90. The SMILES string of the molecule is CC(C)(C)c1nn(-c2ccccc2)cc1C(=O)ON1C(=O)c2ccccc2C1=O. The Morgan fingerprint density at radius 2 is 1.45 bits per heavy atom. The molecule has 0 saturated heterocycles. The number of aromatic nitrogens is 2. The predicted octanol–water partition coefficient (Wildman–Crippen LogP) is 3.54. The Hall–Kier alpha value is -3.74. The summed E-state index contributed by atoms with van der Waals surface area (Å²) in [7, 11) is 0. The van der Waals surface area contributed by atoms with Crippen molar-refractivity contribution >= 4 is 17.8 Å². The average Bonchev–Trinajstić information content (AvgIpc) is 3.26. The molecule has 1 aliphatic heterocycles. The average molecular weight is 389 g/mol. The molecular formula is C22H19N3O4. The molecule has 0 fully saturated rings. The molecule has 0 spiro atoms. The van der Waals surface area contributed by atoms with Crippen LogP contribution in [-0.4, -0.2) is 32.6 Å². The van der Waals surface area contributed by atoms with Crippen LogP contribution in [0.1, 0.15) is 57.5 Å². The molecule has 4 rings (SSSR count). The van der Waals surface area contributed by atoms with Gasteiger partial charge in [0.25, 0.3) is 11.8 Å². The zero-order valence-electron chi connectivity index (χ0n) is 16.2. The third-order valence-corrected chi connectivity index (χ3v) is 4.60. The Balaban J connectivity index is 1.68. The fourth-order valence-electron chi connectivity index (χ4n) is 3.17. The summed E-state index contributed by atoms with van der Waals surface area (Å²) in [6, 6.07) is 15.7. The molecule has 0 saturated carbocycles. The minimum atomic E-state index is -0.813. The van der Waals surface area contributed by atoms with Crippen molar-refractivity contribution in [1.82, 2.24) is 14.8 Å². The highest BCUT2D eigenvalue weighted by Gasteiger charge is 2.40. The number of hydrogen-bond donors (Lipinski definition) is 0. The van der Waals surface area contributed by atoms with Gasteiger partial charge < -0.3 is 4.84 Å². The number of carbonyl (C=O) groups excluding carboxylic acids is 3. The highest BCUT2D eigenvalue weighted by molar-refractivity contribution is 6.21. The first-order valence-corrected chi connectivity index (χ1v) is 9.13. The number of nitrogens with zero attached hydrogens (tertiary/aromatic N) is 3. The second-order valence-electron chi connectivity index (χ2n) is 7.75. The molecule has 0 bridgehead atoms. The molecule has 0 aliphatic carbocycles. The molecule has 2 amide bonds. The van der Waals surface area contributed by atoms with Crippen LogP contribution in [0.2, 0.25) is 0 Å². The molecule has 1 aliphatic rings. The summed E-state index contributed by atoms with van der Waals surface area (Å²) in [6.45, 7) is 5.76. The Morgan fingerprint density at radius 3 is 2.00 bits per heavy atom. The van der Waals surface area contributed by atoms with Crippen molar-refractivity contribution in [3.63, 3.8) is 0 Å². The molecule has 29 heavy (non-hydrogen) atoms. The van der Waals surface area contributed by atoms with Gasteiger partial charge in [-0.05, 0) is 24.3 Å². The zero-order valence-corrected chi connectivity index (χ0v) is 16.2. The van der Waals surface area contributed by atoms with Crippen LogP contribution >= 0.6 is 0 Å². The molecular weight excluding hydrogens is 370 g/mol. The smallest absolute Gasteiger partial charge is 0.324 e. The summed E-state index contributed by atoms with van der Waals surface area (Å²) in [5.74, 6) is -2.13. The molecule has 7 nitrogen and oxygen atoms in total. The van der Waals surface area contributed by atoms with E-state index < -0.39 is 23.2 Å². The lowest BCUT2D eigenvalue weighted by Gasteiger charge is -2.18. The first-order chi connectivity index (χ1) is 13.8. The molecule has 0 N–H and O–H groups in total. The maximum atomic E-state index is 12.9. The topological polar surface area (TPSA) is 81.5 Å². The molecule has 0 atom stereocenters. The van der Waals surface area contributed by atoms with Crippen molar-refractivity contribution in [3.05, 3.63) is 83.2 Å². The number of amides is 2. The lowest BCUT2D eigenvalue weighted by molar-refractivity contribution is -0.0585. The van der Waals surface area contributed by atoms with Crippen LogP contribution in [0.5, 0.6) is 0 Å². The number of hydroxylamine groups is 2. The number of fused-ring (bicyclic) bond motifs is 1. The summed E-state index contributed by atoms with van der Waals surface area (Å²) >= 11 is 0. The summed E-state index contributed by atoms with van der Waals surface area (Å²) in [5.41, 5.74) is 1.43. The predicted molar refractivity (Wildman–Crippen MR) is 105 cm³/mol. The van der Waals surface area contributed by atoms with E-state index in [1.165, 1.54) is 12.1 Å². The van der Waals surface area contributed by atoms with E-state index in [1.807, 2.05) is 51.1 Å². The second-order valence-corrected chi connectivity index (χ2v) is 7.75. The lowest BCUT2D eigenvalue weighted by Crippen LogP contribution is -2.33.